The highest BCUT2D eigenvalue weighted by Crippen LogP contribution is 2.28. The zero-order valence-corrected chi connectivity index (χ0v) is 10.5. The van der Waals surface area contributed by atoms with Gasteiger partial charge >= 0.3 is 0 Å². The molecule has 0 radical (unpaired) electrons. The van der Waals surface area contributed by atoms with Crippen LogP contribution in [0.25, 0.3) is 0 Å². The summed E-state index contributed by atoms with van der Waals surface area (Å²) in [5, 5.41) is 6.49. The third-order valence-corrected chi connectivity index (χ3v) is 3.96. The minimum absolute atomic E-state index is 0.215. The van der Waals surface area contributed by atoms with E-state index in [-0.39, 0.29) is 11.8 Å². The number of carbonyl (C=O) groups is 1. The molecule has 3 atom stereocenters. The molecule has 16 heavy (non-hydrogen) atoms. The normalized spacial score (nSPS) is 39.6. The van der Waals surface area contributed by atoms with Crippen LogP contribution >= 0.6 is 0 Å². The van der Waals surface area contributed by atoms with E-state index in [4.69, 9.17) is 0 Å². The predicted molar refractivity (Wildman–Crippen MR) is 65.1 cm³/mol. The van der Waals surface area contributed by atoms with E-state index >= 15 is 0 Å². The summed E-state index contributed by atoms with van der Waals surface area (Å²) in [6.45, 7) is 6.46. The first-order valence-electron chi connectivity index (χ1n) is 6.66. The SMILES string of the molecule is CC1CC(C)CC(NC(=O)C2CCNC2)C1. The number of hydrogen-bond donors (Lipinski definition) is 2. The Morgan fingerprint density at radius 2 is 1.88 bits per heavy atom. The Morgan fingerprint density at radius 3 is 2.44 bits per heavy atom. The zero-order valence-electron chi connectivity index (χ0n) is 10.5. The van der Waals surface area contributed by atoms with E-state index in [0.29, 0.717) is 6.04 Å². The fourth-order valence-corrected chi connectivity index (χ4v) is 3.26. The molecule has 0 bridgehead atoms. The van der Waals surface area contributed by atoms with Crippen LogP contribution in [0.3, 0.4) is 0 Å². The van der Waals surface area contributed by atoms with Crippen molar-refractivity contribution >= 4 is 5.91 Å². The van der Waals surface area contributed by atoms with Crippen LogP contribution in [-0.4, -0.2) is 25.0 Å². The lowest BCUT2D eigenvalue weighted by atomic mass is 9.80. The van der Waals surface area contributed by atoms with Crippen molar-refractivity contribution in [3.63, 3.8) is 0 Å². The van der Waals surface area contributed by atoms with Crippen molar-refractivity contribution in [2.75, 3.05) is 13.1 Å². The van der Waals surface area contributed by atoms with Crippen LogP contribution in [0.5, 0.6) is 0 Å². The first kappa shape index (κ1) is 11.9. The van der Waals surface area contributed by atoms with Crippen molar-refractivity contribution in [2.24, 2.45) is 17.8 Å². The molecule has 1 heterocycles. The van der Waals surface area contributed by atoms with Crippen molar-refractivity contribution in [1.29, 1.82) is 0 Å². The molecule has 1 aliphatic heterocycles. The second kappa shape index (κ2) is 5.17. The van der Waals surface area contributed by atoms with Crippen molar-refractivity contribution in [3.8, 4) is 0 Å². The van der Waals surface area contributed by atoms with Crippen molar-refractivity contribution < 1.29 is 4.79 Å². The Morgan fingerprint density at radius 1 is 1.19 bits per heavy atom. The van der Waals surface area contributed by atoms with Crippen LogP contribution in [-0.2, 0) is 4.79 Å². The summed E-state index contributed by atoms with van der Waals surface area (Å²) in [5.74, 6) is 2.01. The third kappa shape index (κ3) is 2.97. The highest BCUT2D eigenvalue weighted by atomic mass is 16.2. The molecule has 3 unspecified atom stereocenters. The lowest BCUT2D eigenvalue weighted by Crippen LogP contribution is -2.43. The van der Waals surface area contributed by atoms with Gasteiger partial charge in [0.1, 0.15) is 0 Å². The van der Waals surface area contributed by atoms with Crippen molar-refractivity contribution in [1.82, 2.24) is 10.6 Å². The van der Waals surface area contributed by atoms with E-state index in [1.165, 1.54) is 6.42 Å². The van der Waals surface area contributed by atoms with Gasteiger partial charge in [0, 0.05) is 12.6 Å². The van der Waals surface area contributed by atoms with Crippen LogP contribution in [0.2, 0.25) is 0 Å². The highest BCUT2D eigenvalue weighted by molar-refractivity contribution is 5.79. The molecule has 1 aliphatic carbocycles. The maximum Gasteiger partial charge on any atom is 0.224 e. The molecule has 2 aliphatic rings. The minimum Gasteiger partial charge on any atom is -0.353 e. The molecular formula is C13H24N2O. The summed E-state index contributed by atoms with van der Waals surface area (Å²) >= 11 is 0. The molecule has 92 valence electrons. The second-order valence-corrected chi connectivity index (χ2v) is 5.81. The third-order valence-electron chi connectivity index (χ3n) is 3.96. The zero-order chi connectivity index (χ0) is 11.5. The number of rotatable bonds is 2. The van der Waals surface area contributed by atoms with E-state index in [9.17, 15) is 4.79 Å². The summed E-state index contributed by atoms with van der Waals surface area (Å²) in [4.78, 5) is 12.0. The molecule has 2 fully saturated rings. The van der Waals surface area contributed by atoms with Gasteiger partial charge in [0.05, 0.1) is 5.92 Å². The van der Waals surface area contributed by atoms with Gasteiger partial charge in [0.2, 0.25) is 5.91 Å². The predicted octanol–water partition coefficient (Wildman–Crippen LogP) is 1.54. The summed E-state index contributed by atoms with van der Waals surface area (Å²) in [6.07, 6.45) is 4.65. The Kier molecular flexibility index (Phi) is 3.85. The molecule has 2 rings (SSSR count). The van der Waals surface area contributed by atoms with Gasteiger partial charge in [-0.3, -0.25) is 4.79 Å². The molecule has 0 spiro atoms. The lowest BCUT2D eigenvalue weighted by molar-refractivity contribution is -0.125. The molecular weight excluding hydrogens is 200 g/mol. The summed E-state index contributed by atoms with van der Waals surface area (Å²) in [7, 11) is 0. The summed E-state index contributed by atoms with van der Waals surface area (Å²) < 4.78 is 0. The van der Waals surface area contributed by atoms with Gasteiger partial charge in [-0.05, 0) is 44.1 Å². The minimum atomic E-state index is 0.215. The Balaban J connectivity index is 1.81. The number of hydrogen-bond acceptors (Lipinski definition) is 2. The average molecular weight is 224 g/mol. The maximum absolute atomic E-state index is 12.0. The van der Waals surface area contributed by atoms with Crippen LogP contribution < -0.4 is 10.6 Å². The van der Waals surface area contributed by atoms with Gasteiger partial charge in [-0.1, -0.05) is 13.8 Å². The Bertz CT molecular complexity index is 238. The van der Waals surface area contributed by atoms with Crippen LogP contribution in [0.4, 0.5) is 0 Å². The van der Waals surface area contributed by atoms with Crippen LogP contribution in [0, 0.1) is 17.8 Å². The Labute approximate surface area is 98.4 Å². The first-order chi connectivity index (χ1) is 7.65. The molecule has 0 aromatic carbocycles. The molecule has 0 aromatic rings. The standard InChI is InChI=1S/C13H24N2O/c1-9-5-10(2)7-12(6-9)15-13(16)11-3-4-14-8-11/h9-12,14H,3-8H2,1-2H3,(H,15,16). The fourth-order valence-electron chi connectivity index (χ4n) is 3.26. The molecule has 3 nitrogen and oxygen atoms in total. The molecule has 2 N–H and O–H groups in total. The van der Waals surface area contributed by atoms with Crippen LogP contribution in [0.15, 0.2) is 0 Å². The summed E-state index contributed by atoms with van der Waals surface area (Å²) in [6, 6.07) is 0.423. The van der Waals surface area contributed by atoms with Gasteiger partial charge in [-0.25, -0.2) is 0 Å². The van der Waals surface area contributed by atoms with Gasteiger partial charge in [-0.2, -0.15) is 0 Å². The monoisotopic (exact) mass is 224 g/mol. The smallest absolute Gasteiger partial charge is 0.224 e. The second-order valence-electron chi connectivity index (χ2n) is 5.81. The van der Waals surface area contributed by atoms with E-state index in [1.807, 2.05) is 0 Å². The van der Waals surface area contributed by atoms with Crippen molar-refractivity contribution in [2.45, 2.75) is 45.6 Å². The molecule has 1 amide bonds. The topological polar surface area (TPSA) is 41.1 Å². The molecule has 1 saturated heterocycles. The molecule has 3 heteroatoms. The quantitative estimate of drug-likeness (QED) is 0.747. The molecule has 0 aromatic heterocycles. The molecule has 1 saturated carbocycles. The fraction of sp³-hybridized carbons (Fsp3) is 0.923. The van der Waals surface area contributed by atoms with Gasteiger partial charge in [0.25, 0.3) is 0 Å². The van der Waals surface area contributed by atoms with E-state index in [1.54, 1.807) is 0 Å². The van der Waals surface area contributed by atoms with Gasteiger partial charge in [0.15, 0.2) is 0 Å². The lowest BCUT2D eigenvalue weighted by Gasteiger charge is -2.32. The average Bonchev–Trinajstić information content (AvgIpc) is 2.68. The van der Waals surface area contributed by atoms with Gasteiger partial charge < -0.3 is 10.6 Å². The Hall–Kier alpha value is -0.570. The van der Waals surface area contributed by atoms with Crippen LogP contribution in [0.1, 0.15) is 39.5 Å². The highest BCUT2D eigenvalue weighted by Gasteiger charge is 2.28. The van der Waals surface area contributed by atoms with E-state index in [0.717, 1.165) is 44.2 Å². The van der Waals surface area contributed by atoms with E-state index < -0.39 is 0 Å². The first-order valence-corrected chi connectivity index (χ1v) is 6.66. The number of nitrogens with one attached hydrogen (secondary N) is 2. The summed E-state index contributed by atoms with van der Waals surface area (Å²) in [5.41, 5.74) is 0. The van der Waals surface area contributed by atoms with E-state index in [2.05, 4.69) is 24.5 Å². The number of carbonyl (C=O) groups excluding carboxylic acids is 1. The van der Waals surface area contributed by atoms with Crippen molar-refractivity contribution in [3.05, 3.63) is 0 Å². The number of amides is 1. The largest absolute Gasteiger partial charge is 0.353 e. The maximum atomic E-state index is 12.0. The van der Waals surface area contributed by atoms with Gasteiger partial charge in [-0.15, -0.1) is 0 Å².